The third-order valence-corrected chi connectivity index (χ3v) is 11.1. The van der Waals surface area contributed by atoms with Crippen LogP contribution in [-0.2, 0) is 33.5 Å². The van der Waals surface area contributed by atoms with Crippen LogP contribution < -0.4 is 10.6 Å². The zero-order valence-corrected chi connectivity index (χ0v) is 26.0. The Morgan fingerprint density at radius 3 is 2.43 bits per heavy atom. The van der Waals surface area contributed by atoms with Crippen LogP contribution in [0.15, 0.2) is 11.6 Å². The molecule has 0 saturated heterocycles. The maximum atomic E-state index is 13.4. The zero-order chi connectivity index (χ0) is 32.6. The van der Waals surface area contributed by atoms with Gasteiger partial charge in [-0.25, -0.2) is 0 Å². The van der Waals surface area contributed by atoms with Crippen LogP contribution >= 0.6 is 0 Å². The summed E-state index contributed by atoms with van der Waals surface area (Å²) >= 11 is 0. The van der Waals surface area contributed by atoms with Crippen LogP contribution in [0.4, 0.5) is 0 Å². The number of aliphatic carboxylic acids is 1. The molecular formula is C32H46N2O10. The van der Waals surface area contributed by atoms with Crippen molar-refractivity contribution >= 4 is 35.3 Å². The van der Waals surface area contributed by atoms with Crippen LogP contribution in [0.1, 0.15) is 85.5 Å². The lowest BCUT2D eigenvalue weighted by molar-refractivity contribution is -0.184. The normalized spacial score (nSPS) is 35.0. The van der Waals surface area contributed by atoms with E-state index >= 15 is 0 Å². The number of Topliss-reactive ketones (excluding diaryl/α,β-unsaturated/α-hetero) is 1. The quantitative estimate of drug-likeness (QED) is 0.211. The Morgan fingerprint density at radius 2 is 1.77 bits per heavy atom. The Hall–Kier alpha value is -3.12. The van der Waals surface area contributed by atoms with Gasteiger partial charge in [-0.3, -0.25) is 28.8 Å². The first-order valence-electron chi connectivity index (χ1n) is 15.7. The molecule has 8 atom stereocenters. The van der Waals surface area contributed by atoms with E-state index in [9.17, 15) is 39.0 Å². The molecular weight excluding hydrogens is 572 g/mol. The number of allylic oxidation sites excluding steroid dienone is 1. The smallest absolute Gasteiger partial charge is 0.322 e. The number of hydrogen-bond donors (Lipinski definition) is 5. The third kappa shape index (κ3) is 6.20. The first-order valence-corrected chi connectivity index (χ1v) is 15.7. The number of carboxylic acids is 1. The summed E-state index contributed by atoms with van der Waals surface area (Å²) in [7, 11) is 0. The number of carboxylic acid groups (broad SMARTS) is 1. The molecule has 44 heavy (non-hydrogen) atoms. The molecule has 0 aliphatic heterocycles. The molecule has 12 nitrogen and oxygen atoms in total. The van der Waals surface area contributed by atoms with Crippen LogP contribution in [0.2, 0.25) is 0 Å². The Kier molecular flexibility index (Phi) is 9.75. The fraction of sp³-hybridized carbons (Fsp3) is 0.750. The van der Waals surface area contributed by atoms with Gasteiger partial charge in [0.05, 0.1) is 12.5 Å². The van der Waals surface area contributed by atoms with Crippen molar-refractivity contribution in [2.75, 3.05) is 13.2 Å². The number of aliphatic hydroxyl groups excluding tert-OH is 1. The number of aliphatic hydroxyl groups is 2. The lowest BCUT2D eigenvalue weighted by Crippen LogP contribution is -2.62. The Morgan fingerprint density at radius 1 is 1.07 bits per heavy atom. The van der Waals surface area contributed by atoms with E-state index < -0.39 is 65.8 Å². The number of amides is 2. The van der Waals surface area contributed by atoms with Gasteiger partial charge in [-0.1, -0.05) is 33.3 Å². The van der Waals surface area contributed by atoms with Crippen LogP contribution in [-0.4, -0.2) is 81.5 Å². The molecule has 3 saturated carbocycles. The van der Waals surface area contributed by atoms with Crippen molar-refractivity contribution in [2.24, 2.45) is 34.5 Å². The molecule has 0 bridgehead atoms. The van der Waals surface area contributed by atoms with Crippen LogP contribution in [0.5, 0.6) is 0 Å². The minimum atomic E-state index is -1.78. The predicted molar refractivity (Wildman–Crippen MR) is 156 cm³/mol. The maximum absolute atomic E-state index is 13.4. The Labute approximate surface area is 257 Å². The fourth-order valence-corrected chi connectivity index (χ4v) is 8.76. The number of nitrogens with one attached hydrogen (secondary N) is 2. The number of carbonyl (C=O) groups is 6. The highest BCUT2D eigenvalue weighted by molar-refractivity contribution is 5.93. The van der Waals surface area contributed by atoms with E-state index in [1.807, 2.05) is 6.92 Å². The van der Waals surface area contributed by atoms with Crippen molar-refractivity contribution in [3.63, 3.8) is 0 Å². The van der Waals surface area contributed by atoms with E-state index in [1.54, 1.807) is 19.9 Å². The summed E-state index contributed by atoms with van der Waals surface area (Å²) in [5.41, 5.74) is -1.88. The standard InChI is InChI=1S/C32H46N2O10/c1-17(2)28(29(42)33-15-25(39)40)34-24(38)7-8-26(41)44-16-23(37)32(43)12-10-21-20-6-5-18-13-19(35)9-11-30(18,3)27(20)22(36)14-31(21,32)4/h13,17,20-22,27-28,36,43H,5-12,14-16H2,1-4H3,(H,33,42)(H,34,38)(H,39,40)/t20-,21+,22+,27+,28-,30-,31-,32-/m0/s1. The number of fused-ring (bicyclic) bond motifs is 5. The van der Waals surface area contributed by atoms with E-state index in [-0.39, 0.29) is 60.6 Å². The molecule has 0 aromatic heterocycles. The molecule has 0 heterocycles. The topological polar surface area (TPSA) is 196 Å². The van der Waals surface area contributed by atoms with E-state index in [0.29, 0.717) is 19.3 Å². The van der Waals surface area contributed by atoms with Crippen molar-refractivity contribution in [1.29, 1.82) is 0 Å². The summed E-state index contributed by atoms with van der Waals surface area (Å²) < 4.78 is 5.18. The highest BCUT2D eigenvalue weighted by Crippen LogP contribution is 2.67. The molecule has 2 amide bonds. The van der Waals surface area contributed by atoms with Gasteiger partial charge in [0.15, 0.2) is 12.4 Å². The molecule has 0 aromatic carbocycles. The fourth-order valence-electron chi connectivity index (χ4n) is 8.76. The van der Waals surface area contributed by atoms with E-state index in [2.05, 4.69) is 17.6 Å². The molecule has 3 fully saturated rings. The van der Waals surface area contributed by atoms with E-state index in [0.717, 1.165) is 18.4 Å². The zero-order valence-electron chi connectivity index (χ0n) is 26.0. The highest BCUT2D eigenvalue weighted by atomic mass is 16.5. The van der Waals surface area contributed by atoms with Crippen molar-refractivity contribution in [3.8, 4) is 0 Å². The lowest BCUT2D eigenvalue weighted by atomic mass is 9.45. The molecule has 0 radical (unpaired) electrons. The van der Waals surface area contributed by atoms with Gasteiger partial charge >= 0.3 is 11.9 Å². The molecule has 244 valence electrons. The van der Waals surface area contributed by atoms with Crippen LogP contribution in [0.25, 0.3) is 0 Å². The average Bonchev–Trinajstić information content (AvgIpc) is 3.22. The second-order valence-electron chi connectivity index (χ2n) is 14.0. The highest BCUT2D eigenvalue weighted by Gasteiger charge is 2.68. The third-order valence-electron chi connectivity index (χ3n) is 11.1. The number of ether oxygens (including phenoxy) is 1. The molecule has 4 aliphatic rings. The minimum Gasteiger partial charge on any atom is -0.480 e. The van der Waals surface area contributed by atoms with Gasteiger partial charge < -0.3 is 30.7 Å². The van der Waals surface area contributed by atoms with Crippen LogP contribution in [0.3, 0.4) is 0 Å². The van der Waals surface area contributed by atoms with E-state index in [1.165, 1.54) is 0 Å². The Balaban J connectivity index is 1.33. The van der Waals surface area contributed by atoms with Gasteiger partial charge in [0, 0.05) is 18.3 Å². The molecule has 4 rings (SSSR count). The molecule has 5 N–H and O–H groups in total. The van der Waals surface area contributed by atoms with Gasteiger partial charge in [0.2, 0.25) is 17.6 Å². The molecule has 0 spiro atoms. The Bertz CT molecular complexity index is 1250. The van der Waals surface area contributed by atoms with Crippen LogP contribution in [0, 0.1) is 34.5 Å². The largest absolute Gasteiger partial charge is 0.480 e. The lowest BCUT2D eigenvalue weighted by Gasteiger charge is -2.60. The summed E-state index contributed by atoms with van der Waals surface area (Å²) in [6.45, 7) is 6.08. The van der Waals surface area contributed by atoms with Crippen molar-refractivity contribution in [2.45, 2.75) is 103 Å². The van der Waals surface area contributed by atoms with Gasteiger partial charge in [0.1, 0.15) is 18.2 Å². The molecule has 4 aliphatic carbocycles. The average molecular weight is 619 g/mol. The van der Waals surface area contributed by atoms with Gasteiger partial charge in [-0.15, -0.1) is 0 Å². The van der Waals surface area contributed by atoms with Crippen molar-refractivity contribution in [3.05, 3.63) is 11.6 Å². The van der Waals surface area contributed by atoms with Crippen molar-refractivity contribution < 1.29 is 48.8 Å². The second-order valence-corrected chi connectivity index (χ2v) is 14.0. The number of esters is 1. The van der Waals surface area contributed by atoms with Crippen molar-refractivity contribution in [1.82, 2.24) is 10.6 Å². The number of carbonyl (C=O) groups excluding carboxylic acids is 5. The summed E-state index contributed by atoms with van der Waals surface area (Å²) in [6.07, 6.45) is 4.01. The number of rotatable bonds is 11. The van der Waals surface area contributed by atoms with Gasteiger partial charge in [-0.05, 0) is 73.7 Å². The summed E-state index contributed by atoms with van der Waals surface area (Å²) in [5, 5.41) is 36.8. The van der Waals surface area contributed by atoms with Gasteiger partial charge in [0.25, 0.3) is 0 Å². The number of ketones is 2. The number of hydrogen-bond acceptors (Lipinski definition) is 9. The molecule has 12 heteroatoms. The molecule has 0 aromatic rings. The summed E-state index contributed by atoms with van der Waals surface area (Å²) in [5.74, 6) is -4.15. The SMILES string of the molecule is CC(C)[C@H](NC(=O)CCC(=O)OCC(=O)[C@@]1(O)CC[C@@H]2[C@@H]3CCC4=CC(=O)CC[C@]4(C)[C@H]3[C@H](O)C[C@@]21C)C(=O)NCC(=O)O. The minimum absolute atomic E-state index is 0.0122. The first-order chi connectivity index (χ1) is 20.5. The second kappa shape index (κ2) is 12.7. The van der Waals surface area contributed by atoms with Gasteiger partial charge in [-0.2, -0.15) is 0 Å². The summed E-state index contributed by atoms with van der Waals surface area (Å²) in [6, 6.07) is -0.995. The van der Waals surface area contributed by atoms with E-state index in [4.69, 9.17) is 9.84 Å². The first kappa shape index (κ1) is 33.8. The predicted octanol–water partition coefficient (Wildman–Crippen LogP) is 1.45. The monoisotopic (exact) mass is 618 g/mol. The summed E-state index contributed by atoms with van der Waals surface area (Å²) in [4.78, 5) is 73.4. The maximum Gasteiger partial charge on any atom is 0.322 e. The molecule has 0 unspecified atom stereocenters.